The van der Waals surface area contributed by atoms with Crippen molar-refractivity contribution in [2.75, 3.05) is 31.6 Å². The molecule has 0 aliphatic heterocycles. The smallest absolute Gasteiger partial charge is 0.130 e. The van der Waals surface area contributed by atoms with E-state index in [1.807, 2.05) is 38.1 Å². The summed E-state index contributed by atoms with van der Waals surface area (Å²) in [6.45, 7) is 24.8. The SMILES string of the molecule is C=C(Nc1ccccn1)C(=C)c1cccc(C)c1C.CC.CCCCNCCCOCCC. The lowest BCUT2D eigenvalue weighted by atomic mass is 9.96. The Morgan fingerprint density at radius 1 is 0.909 bits per heavy atom. The number of anilines is 1. The maximum Gasteiger partial charge on any atom is 0.130 e. The summed E-state index contributed by atoms with van der Waals surface area (Å²) in [4.78, 5) is 4.22. The maximum atomic E-state index is 5.35. The van der Waals surface area contributed by atoms with Gasteiger partial charge in [0.1, 0.15) is 5.82 Å². The predicted octanol–water partition coefficient (Wildman–Crippen LogP) is 7.56. The summed E-state index contributed by atoms with van der Waals surface area (Å²) >= 11 is 0. The van der Waals surface area contributed by atoms with E-state index in [0.29, 0.717) is 0 Å². The molecule has 184 valence electrons. The standard InChI is InChI=1S/C17H18N2.C10H23NO.C2H6/c1-12-8-7-9-16(13(12)2)14(3)15(4)19-17-10-5-6-11-18-17;1-3-5-7-11-8-6-10-12-9-4-2;1-2/h5-11H,3-4H2,1-2H3,(H,18,19);11H,3-10H2,1-2H3;1-2H3. The number of aryl methyl sites for hydroxylation is 1. The third-order valence-corrected chi connectivity index (χ3v) is 4.94. The van der Waals surface area contributed by atoms with Crippen LogP contribution in [-0.4, -0.2) is 31.3 Å². The molecule has 0 aliphatic rings. The molecule has 0 saturated heterocycles. The van der Waals surface area contributed by atoms with E-state index in [1.165, 1.54) is 24.0 Å². The minimum absolute atomic E-state index is 0.771. The van der Waals surface area contributed by atoms with E-state index in [0.717, 1.165) is 61.8 Å². The molecule has 0 atom stereocenters. The fourth-order valence-corrected chi connectivity index (χ4v) is 2.88. The van der Waals surface area contributed by atoms with Crippen molar-refractivity contribution >= 4 is 11.4 Å². The Balaban J connectivity index is 0.000000635. The molecule has 1 aromatic carbocycles. The van der Waals surface area contributed by atoms with E-state index in [1.54, 1.807) is 6.20 Å². The van der Waals surface area contributed by atoms with Crippen LogP contribution in [0.2, 0.25) is 0 Å². The zero-order valence-corrected chi connectivity index (χ0v) is 22.0. The molecule has 0 fully saturated rings. The second-order valence-corrected chi connectivity index (χ2v) is 7.61. The van der Waals surface area contributed by atoms with Gasteiger partial charge in [0.2, 0.25) is 0 Å². The highest BCUT2D eigenvalue weighted by atomic mass is 16.5. The van der Waals surface area contributed by atoms with Crippen LogP contribution in [0.3, 0.4) is 0 Å². The van der Waals surface area contributed by atoms with E-state index < -0.39 is 0 Å². The molecule has 33 heavy (non-hydrogen) atoms. The average molecular weight is 454 g/mol. The van der Waals surface area contributed by atoms with Gasteiger partial charge in [-0.1, -0.05) is 71.5 Å². The highest BCUT2D eigenvalue weighted by Gasteiger charge is 2.08. The molecule has 2 aromatic rings. The lowest BCUT2D eigenvalue weighted by Crippen LogP contribution is -2.17. The number of ether oxygens (including phenoxy) is 1. The Hall–Kier alpha value is -2.43. The zero-order valence-electron chi connectivity index (χ0n) is 22.0. The number of unbranched alkanes of at least 4 members (excludes halogenated alkanes) is 1. The van der Waals surface area contributed by atoms with Crippen molar-refractivity contribution in [1.82, 2.24) is 10.3 Å². The van der Waals surface area contributed by atoms with Crippen LogP contribution in [-0.2, 0) is 4.74 Å². The Morgan fingerprint density at radius 2 is 1.64 bits per heavy atom. The summed E-state index contributed by atoms with van der Waals surface area (Å²) in [6, 6.07) is 11.9. The minimum atomic E-state index is 0.771. The first-order valence-corrected chi connectivity index (χ1v) is 12.4. The van der Waals surface area contributed by atoms with Gasteiger partial charge in [-0.05, 0) is 80.6 Å². The number of pyridine rings is 1. The molecular formula is C29H47N3O. The van der Waals surface area contributed by atoms with Crippen molar-refractivity contribution in [3.8, 4) is 0 Å². The predicted molar refractivity (Wildman–Crippen MR) is 147 cm³/mol. The highest BCUT2D eigenvalue weighted by Crippen LogP contribution is 2.25. The van der Waals surface area contributed by atoms with Gasteiger partial charge in [0.25, 0.3) is 0 Å². The molecule has 2 N–H and O–H groups in total. The van der Waals surface area contributed by atoms with Gasteiger partial charge in [0, 0.05) is 25.1 Å². The Kier molecular flexibility index (Phi) is 18.7. The molecule has 0 amide bonds. The van der Waals surface area contributed by atoms with Crippen LogP contribution < -0.4 is 10.6 Å². The van der Waals surface area contributed by atoms with Crippen molar-refractivity contribution in [3.05, 3.63) is 78.1 Å². The lowest BCUT2D eigenvalue weighted by Gasteiger charge is -2.15. The zero-order chi connectivity index (χ0) is 24.9. The van der Waals surface area contributed by atoms with Crippen molar-refractivity contribution in [1.29, 1.82) is 0 Å². The number of hydrogen-bond acceptors (Lipinski definition) is 4. The molecular weight excluding hydrogens is 406 g/mol. The van der Waals surface area contributed by atoms with Gasteiger partial charge in [-0.25, -0.2) is 4.98 Å². The topological polar surface area (TPSA) is 46.2 Å². The first-order chi connectivity index (χ1) is 16.0. The van der Waals surface area contributed by atoms with Crippen LogP contribution in [0.5, 0.6) is 0 Å². The van der Waals surface area contributed by atoms with Crippen LogP contribution in [0.25, 0.3) is 5.57 Å². The molecule has 0 spiro atoms. The number of benzene rings is 1. The van der Waals surface area contributed by atoms with Crippen LogP contribution in [0.4, 0.5) is 5.82 Å². The number of rotatable bonds is 13. The fourth-order valence-electron chi connectivity index (χ4n) is 2.88. The van der Waals surface area contributed by atoms with E-state index >= 15 is 0 Å². The van der Waals surface area contributed by atoms with Crippen molar-refractivity contribution < 1.29 is 4.74 Å². The molecule has 4 heteroatoms. The second kappa shape index (κ2) is 20.2. The van der Waals surface area contributed by atoms with Crippen LogP contribution in [0.1, 0.15) is 70.1 Å². The third-order valence-electron chi connectivity index (χ3n) is 4.94. The first kappa shape index (κ1) is 30.6. The van der Waals surface area contributed by atoms with Gasteiger partial charge >= 0.3 is 0 Å². The fraction of sp³-hybridized carbons (Fsp3) is 0.483. The average Bonchev–Trinajstić information content (AvgIpc) is 2.84. The molecule has 4 nitrogen and oxygen atoms in total. The number of aromatic nitrogens is 1. The normalized spacial score (nSPS) is 9.76. The van der Waals surface area contributed by atoms with Crippen LogP contribution >= 0.6 is 0 Å². The summed E-state index contributed by atoms with van der Waals surface area (Å²) in [5.41, 5.74) is 5.27. The Labute approximate surface area is 203 Å². The molecule has 1 heterocycles. The first-order valence-electron chi connectivity index (χ1n) is 12.4. The Bertz CT molecular complexity index is 762. The number of hydrogen-bond donors (Lipinski definition) is 2. The highest BCUT2D eigenvalue weighted by molar-refractivity contribution is 5.81. The number of nitrogens with zero attached hydrogens (tertiary/aromatic N) is 1. The van der Waals surface area contributed by atoms with Gasteiger partial charge in [-0.3, -0.25) is 0 Å². The summed E-state index contributed by atoms with van der Waals surface area (Å²) in [5, 5.41) is 6.56. The van der Waals surface area contributed by atoms with Gasteiger partial charge in [0.05, 0.1) is 0 Å². The molecule has 0 saturated carbocycles. The molecule has 0 unspecified atom stereocenters. The summed E-state index contributed by atoms with van der Waals surface area (Å²) < 4.78 is 5.35. The second-order valence-electron chi connectivity index (χ2n) is 7.61. The quantitative estimate of drug-likeness (QED) is 0.243. The minimum Gasteiger partial charge on any atom is -0.381 e. The van der Waals surface area contributed by atoms with E-state index in [9.17, 15) is 0 Å². The van der Waals surface area contributed by atoms with Gasteiger partial charge < -0.3 is 15.4 Å². The monoisotopic (exact) mass is 453 g/mol. The molecule has 0 bridgehead atoms. The van der Waals surface area contributed by atoms with E-state index in [4.69, 9.17) is 4.74 Å². The maximum absolute atomic E-state index is 5.35. The molecule has 0 aliphatic carbocycles. The summed E-state index contributed by atoms with van der Waals surface area (Å²) in [7, 11) is 0. The van der Waals surface area contributed by atoms with Crippen molar-refractivity contribution in [3.63, 3.8) is 0 Å². The number of allylic oxidation sites excluding steroid dienone is 1. The number of nitrogens with one attached hydrogen (secondary N) is 2. The molecule has 0 radical (unpaired) electrons. The van der Waals surface area contributed by atoms with Crippen molar-refractivity contribution in [2.45, 2.75) is 67.2 Å². The van der Waals surface area contributed by atoms with Crippen LogP contribution in [0, 0.1) is 13.8 Å². The van der Waals surface area contributed by atoms with Crippen LogP contribution in [0.15, 0.2) is 61.4 Å². The largest absolute Gasteiger partial charge is 0.381 e. The third kappa shape index (κ3) is 13.7. The van der Waals surface area contributed by atoms with Gasteiger partial charge in [-0.2, -0.15) is 0 Å². The summed E-state index contributed by atoms with van der Waals surface area (Å²) in [6.07, 6.45) is 6.58. The molecule has 2 rings (SSSR count). The van der Waals surface area contributed by atoms with Gasteiger partial charge in [0.15, 0.2) is 0 Å². The van der Waals surface area contributed by atoms with E-state index in [2.05, 4.69) is 68.6 Å². The van der Waals surface area contributed by atoms with E-state index in [-0.39, 0.29) is 0 Å². The molecule has 1 aromatic heterocycles. The summed E-state index contributed by atoms with van der Waals surface area (Å²) in [5.74, 6) is 0.777. The van der Waals surface area contributed by atoms with Crippen molar-refractivity contribution in [2.24, 2.45) is 0 Å². The lowest BCUT2D eigenvalue weighted by molar-refractivity contribution is 0.132. The van der Waals surface area contributed by atoms with Gasteiger partial charge in [-0.15, -0.1) is 0 Å². The Morgan fingerprint density at radius 3 is 2.27 bits per heavy atom.